The minimum Gasteiger partial charge on any atom is -0.456 e. The first-order valence-electron chi connectivity index (χ1n) is 17.3. The highest BCUT2D eigenvalue weighted by atomic mass is 16.3. The number of furan rings is 1. The van der Waals surface area contributed by atoms with Crippen molar-refractivity contribution in [3.8, 4) is 22.3 Å². The van der Waals surface area contributed by atoms with E-state index < -0.39 is 0 Å². The van der Waals surface area contributed by atoms with E-state index in [1.165, 1.54) is 66.6 Å². The highest BCUT2D eigenvalue weighted by Crippen LogP contribution is 2.45. The summed E-state index contributed by atoms with van der Waals surface area (Å²) in [5, 5.41) is 1.10. The monoisotopic (exact) mass is 648 g/mol. The second-order valence-corrected chi connectivity index (χ2v) is 13.7. The summed E-state index contributed by atoms with van der Waals surface area (Å²) >= 11 is 0. The molecular weight excluding hydrogens is 603 g/mol. The van der Waals surface area contributed by atoms with E-state index in [4.69, 9.17) is 4.42 Å². The van der Waals surface area contributed by atoms with Crippen LogP contribution in [0.25, 0.3) is 50.4 Å². The van der Waals surface area contributed by atoms with Gasteiger partial charge >= 0.3 is 0 Å². The average molecular weight is 649 g/mol. The van der Waals surface area contributed by atoms with Crippen molar-refractivity contribution in [2.45, 2.75) is 39.9 Å². The molecule has 1 heterocycles. The molecule has 5 aromatic rings. The Balaban J connectivity index is 1.25. The van der Waals surface area contributed by atoms with E-state index >= 15 is 0 Å². The molecule has 0 saturated heterocycles. The maximum absolute atomic E-state index is 6.30. The molecular formula is C48H45BO. The summed E-state index contributed by atoms with van der Waals surface area (Å²) in [6.45, 7) is 19.1. The summed E-state index contributed by atoms with van der Waals surface area (Å²) in [4.78, 5) is 0. The molecule has 2 heteroatoms. The van der Waals surface area contributed by atoms with Gasteiger partial charge < -0.3 is 4.42 Å². The lowest BCUT2D eigenvalue weighted by Crippen LogP contribution is -2.16. The summed E-state index contributed by atoms with van der Waals surface area (Å²) in [6, 6.07) is 34.5. The highest BCUT2D eigenvalue weighted by Gasteiger charge is 2.32. The van der Waals surface area contributed by atoms with Crippen LogP contribution in [0, 0.1) is 0 Å². The third kappa shape index (κ3) is 6.80. The van der Waals surface area contributed by atoms with Crippen LogP contribution in [-0.2, 0) is 5.31 Å². The third-order valence-electron chi connectivity index (χ3n) is 9.80. The van der Waals surface area contributed by atoms with E-state index in [2.05, 4.69) is 183 Å². The van der Waals surface area contributed by atoms with Crippen LogP contribution in [0.2, 0.25) is 0 Å². The van der Waals surface area contributed by atoms with Crippen LogP contribution in [0.4, 0.5) is 0 Å². The van der Waals surface area contributed by atoms with E-state index in [0.717, 1.165) is 22.5 Å². The number of rotatable bonds is 10. The first-order valence-corrected chi connectivity index (χ1v) is 17.3. The second kappa shape index (κ2) is 14.5. The van der Waals surface area contributed by atoms with Crippen LogP contribution in [0.15, 0.2) is 179 Å². The predicted octanol–water partition coefficient (Wildman–Crippen LogP) is 12.7. The molecule has 0 fully saturated rings. The fraction of sp³-hybridized carbons (Fsp3) is 0.125. The van der Waals surface area contributed by atoms with E-state index in [0.29, 0.717) is 0 Å². The Labute approximate surface area is 299 Å². The van der Waals surface area contributed by atoms with Gasteiger partial charge in [-0.2, -0.15) is 0 Å². The number of allylic oxidation sites excluding steroid dienone is 13. The van der Waals surface area contributed by atoms with Gasteiger partial charge in [-0.05, 0) is 112 Å². The molecule has 6 rings (SSSR count). The molecule has 0 amide bonds. The Bertz CT molecular complexity index is 2260. The summed E-state index contributed by atoms with van der Waals surface area (Å²) in [5.41, 5.74) is 16.4. The number of hydrogen-bond acceptors (Lipinski definition) is 1. The van der Waals surface area contributed by atoms with Crippen molar-refractivity contribution in [1.29, 1.82) is 0 Å². The van der Waals surface area contributed by atoms with Crippen LogP contribution in [-0.4, -0.2) is 7.85 Å². The number of benzene rings is 4. The van der Waals surface area contributed by atoms with Crippen LogP contribution >= 0.6 is 0 Å². The second-order valence-electron chi connectivity index (χ2n) is 13.7. The average Bonchev–Trinajstić information content (AvgIpc) is 3.67. The molecule has 50 heavy (non-hydrogen) atoms. The quantitative estimate of drug-likeness (QED) is 0.108. The van der Waals surface area contributed by atoms with Gasteiger partial charge in [-0.3, -0.25) is 0 Å². The molecule has 1 unspecified atom stereocenters. The van der Waals surface area contributed by atoms with Gasteiger partial charge in [-0.1, -0.05) is 154 Å². The van der Waals surface area contributed by atoms with Gasteiger partial charge in [0.25, 0.3) is 0 Å². The SMILES string of the molecule is BC1(C)C=Cc2oc3cccc(C(=C(/C)C=C)/C(C)=C/C=C\C=C(C)\C(=C(/C)C=C)c4ccc(-c5ccc(-c6ccccc6)cc5)cc4)c3c21. The molecule has 1 aromatic heterocycles. The van der Waals surface area contributed by atoms with Crippen LogP contribution in [0.1, 0.15) is 57.1 Å². The fourth-order valence-electron chi connectivity index (χ4n) is 7.09. The van der Waals surface area contributed by atoms with Crippen molar-refractivity contribution < 1.29 is 4.42 Å². The van der Waals surface area contributed by atoms with Gasteiger partial charge in [0, 0.05) is 10.9 Å². The first kappa shape index (κ1) is 34.3. The molecule has 0 radical (unpaired) electrons. The Morgan fingerprint density at radius 2 is 1.16 bits per heavy atom. The molecule has 1 atom stereocenters. The normalized spacial score (nSPS) is 17.1. The molecule has 1 aliphatic carbocycles. The standard InChI is InChI=1S/C48H45BO/c1-8-32(3)44(40-28-26-39(27-29-40)38-24-22-37(23-25-38)36-18-11-10-12-19-36)34(5)16-13-14-17-35(6)45(33(4)9-2)41-20-15-21-42-46(41)47-43(50-42)30-31-48(47,7)49/h8-31H,1-2,49H2,3-7H3/b14-13-,34-16+,35-17+,44-32-,45-33-. The van der Waals surface area contributed by atoms with Gasteiger partial charge in [-0.25, -0.2) is 0 Å². The molecule has 0 N–H and O–H groups in total. The molecule has 246 valence electrons. The van der Waals surface area contributed by atoms with Crippen molar-refractivity contribution in [2.24, 2.45) is 0 Å². The van der Waals surface area contributed by atoms with E-state index in [-0.39, 0.29) is 5.31 Å². The zero-order valence-electron chi connectivity index (χ0n) is 30.2. The van der Waals surface area contributed by atoms with E-state index in [1.54, 1.807) is 0 Å². The van der Waals surface area contributed by atoms with Crippen LogP contribution < -0.4 is 0 Å². The topological polar surface area (TPSA) is 13.1 Å². The molecule has 4 aromatic carbocycles. The predicted molar refractivity (Wildman–Crippen MR) is 221 cm³/mol. The smallest absolute Gasteiger partial charge is 0.135 e. The van der Waals surface area contributed by atoms with Crippen LogP contribution in [0.5, 0.6) is 0 Å². The maximum Gasteiger partial charge on any atom is 0.135 e. The van der Waals surface area contributed by atoms with E-state index in [1.807, 2.05) is 18.2 Å². The lowest BCUT2D eigenvalue weighted by molar-refractivity contribution is 0.599. The van der Waals surface area contributed by atoms with Gasteiger partial charge in [0.15, 0.2) is 0 Å². The van der Waals surface area contributed by atoms with Gasteiger partial charge in [-0.15, -0.1) is 0 Å². The Kier molecular flexibility index (Phi) is 9.93. The summed E-state index contributed by atoms with van der Waals surface area (Å²) in [6.07, 6.45) is 16.9. The number of hydrogen-bond donors (Lipinski definition) is 0. The van der Waals surface area contributed by atoms with Crippen molar-refractivity contribution in [3.05, 3.63) is 197 Å². The summed E-state index contributed by atoms with van der Waals surface area (Å²) in [7, 11) is 2.25. The van der Waals surface area contributed by atoms with Crippen molar-refractivity contribution >= 4 is 36.0 Å². The molecule has 0 bridgehead atoms. The van der Waals surface area contributed by atoms with Crippen molar-refractivity contribution in [1.82, 2.24) is 0 Å². The van der Waals surface area contributed by atoms with Gasteiger partial charge in [0.05, 0.1) is 0 Å². The third-order valence-corrected chi connectivity index (χ3v) is 9.80. The largest absolute Gasteiger partial charge is 0.456 e. The van der Waals surface area contributed by atoms with Gasteiger partial charge in [0.2, 0.25) is 0 Å². The number of fused-ring (bicyclic) bond motifs is 3. The van der Waals surface area contributed by atoms with Crippen molar-refractivity contribution in [3.63, 3.8) is 0 Å². The Morgan fingerprint density at radius 1 is 0.640 bits per heavy atom. The maximum atomic E-state index is 6.30. The van der Waals surface area contributed by atoms with Gasteiger partial charge in [0.1, 0.15) is 19.2 Å². The van der Waals surface area contributed by atoms with E-state index in [9.17, 15) is 0 Å². The molecule has 1 aliphatic rings. The lowest BCUT2D eigenvalue weighted by Gasteiger charge is -2.19. The molecule has 0 aliphatic heterocycles. The summed E-state index contributed by atoms with van der Waals surface area (Å²) in [5.74, 6) is 0.959. The fourth-order valence-corrected chi connectivity index (χ4v) is 7.09. The minimum absolute atomic E-state index is 0.0903. The molecule has 0 spiro atoms. The highest BCUT2D eigenvalue weighted by molar-refractivity contribution is 6.21. The minimum atomic E-state index is -0.0903. The van der Waals surface area contributed by atoms with Crippen molar-refractivity contribution in [2.75, 3.05) is 0 Å². The molecule has 0 saturated carbocycles. The summed E-state index contributed by atoms with van der Waals surface area (Å²) < 4.78 is 6.30. The lowest BCUT2D eigenvalue weighted by atomic mass is 9.67. The zero-order valence-corrected chi connectivity index (χ0v) is 30.2. The zero-order chi connectivity index (χ0) is 35.4. The molecule has 1 nitrogen and oxygen atoms in total. The Hall–Kier alpha value is -5.60. The first-order chi connectivity index (χ1) is 24.1. The van der Waals surface area contributed by atoms with Crippen LogP contribution in [0.3, 0.4) is 0 Å². The Morgan fingerprint density at radius 3 is 1.74 bits per heavy atom.